The van der Waals surface area contributed by atoms with Crippen molar-refractivity contribution in [1.82, 2.24) is 0 Å². The van der Waals surface area contributed by atoms with Crippen LogP contribution in [0.15, 0.2) is 84.6 Å². The lowest BCUT2D eigenvalue weighted by Crippen LogP contribution is -3.00. The van der Waals surface area contributed by atoms with Crippen LogP contribution in [-0.4, -0.2) is 46.8 Å². The molecule has 2 heterocycles. The highest BCUT2D eigenvalue weighted by Crippen LogP contribution is 2.47. The summed E-state index contributed by atoms with van der Waals surface area (Å²) in [6.45, 7) is 11.1. The molecule has 192 valence electrons. The van der Waals surface area contributed by atoms with Crippen LogP contribution in [0.4, 0.5) is 11.4 Å². The number of halogens is 1. The Morgan fingerprint density at radius 2 is 1.47 bits per heavy atom. The molecule has 4 nitrogen and oxygen atoms in total. The molecule has 0 aliphatic carbocycles. The van der Waals surface area contributed by atoms with Gasteiger partial charge in [-0.15, -0.1) is 0 Å². The summed E-state index contributed by atoms with van der Waals surface area (Å²) in [5.41, 5.74) is 7.45. The van der Waals surface area contributed by atoms with Gasteiger partial charge in [0.1, 0.15) is 0 Å². The largest absolute Gasteiger partial charge is 1.00 e. The van der Waals surface area contributed by atoms with Crippen LogP contribution < -0.4 is 17.3 Å². The maximum Gasteiger partial charge on any atom is 0.209 e. The van der Waals surface area contributed by atoms with Crippen LogP contribution in [-0.2, 0) is 10.8 Å². The first-order chi connectivity index (χ1) is 16.8. The summed E-state index contributed by atoms with van der Waals surface area (Å²) in [4.78, 5) is 2.35. The molecule has 36 heavy (non-hydrogen) atoms. The van der Waals surface area contributed by atoms with E-state index < -0.39 is 0 Å². The zero-order chi connectivity index (χ0) is 25.1. The molecular weight excluding hydrogens is 468 g/mol. The number of fused-ring (bicyclic) bond motifs is 2. The van der Waals surface area contributed by atoms with Crippen LogP contribution in [0.3, 0.4) is 0 Å². The average Bonchev–Trinajstić information content (AvgIpc) is 3.20. The van der Waals surface area contributed by atoms with Crippen molar-refractivity contribution in [1.29, 1.82) is 0 Å². The molecule has 0 atom stereocenters. The molecular formula is C31H39ClN2O2. The molecule has 0 amide bonds. The number of aliphatic hydroxyl groups excluding tert-OH is 2. The minimum absolute atomic E-state index is 0. The highest BCUT2D eigenvalue weighted by molar-refractivity contribution is 6.03. The van der Waals surface area contributed by atoms with Crippen LogP contribution in [0.25, 0.3) is 0 Å². The molecule has 0 fully saturated rings. The first kappa shape index (κ1) is 27.9. The third-order valence-electron chi connectivity index (χ3n) is 7.41. The van der Waals surface area contributed by atoms with Crippen molar-refractivity contribution in [2.75, 3.05) is 31.2 Å². The smallest absolute Gasteiger partial charge is 0.209 e. The predicted molar refractivity (Wildman–Crippen MR) is 146 cm³/mol. The maximum absolute atomic E-state index is 9.43. The van der Waals surface area contributed by atoms with Gasteiger partial charge in [-0.05, 0) is 38.0 Å². The number of para-hydroxylation sites is 2. The van der Waals surface area contributed by atoms with Gasteiger partial charge in [0.15, 0.2) is 12.3 Å². The second kappa shape index (κ2) is 11.6. The van der Waals surface area contributed by atoms with E-state index in [1.807, 2.05) is 0 Å². The van der Waals surface area contributed by atoms with Gasteiger partial charge >= 0.3 is 0 Å². The second-order valence-corrected chi connectivity index (χ2v) is 10.4. The molecule has 2 N–H and O–H groups in total. The van der Waals surface area contributed by atoms with E-state index in [9.17, 15) is 10.2 Å². The Morgan fingerprint density at radius 1 is 0.806 bits per heavy atom. The number of hydrogen-bond acceptors (Lipinski definition) is 3. The van der Waals surface area contributed by atoms with E-state index in [0.717, 1.165) is 25.9 Å². The van der Waals surface area contributed by atoms with Gasteiger partial charge in [-0.1, -0.05) is 68.5 Å². The number of benzene rings is 2. The molecule has 0 aromatic heterocycles. The van der Waals surface area contributed by atoms with Crippen LogP contribution in [0, 0.1) is 0 Å². The van der Waals surface area contributed by atoms with Crippen molar-refractivity contribution in [3.63, 3.8) is 0 Å². The molecule has 4 rings (SSSR count). The fourth-order valence-corrected chi connectivity index (χ4v) is 5.58. The zero-order valence-corrected chi connectivity index (χ0v) is 22.7. The Kier molecular flexibility index (Phi) is 8.99. The van der Waals surface area contributed by atoms with Crippen LogP contribution in [0.5, 0.6) is 0 Å². The summed E-state index contributed by atoms with van der Waals surface area (Å²) in [6.07, 6.45) is 12.3. The van der Waals surface area contributed by atoms with Crippen LogP contribution in [0.1, 0.15) is 51.7 Å². The van der Waals surface area contributed by atoms with E-state index in [1.54, 1.807) is 0 Å². The van der Waals surface area contributed by atoms with Crippen LogP contribution in [0.2, 0.25) is 0 Å². The van der Waals surface area contributed by atoms with E-state index >= 15 is 0 Å². The Labute approximate surface area is 222 Å². The van der Waals surface area contributed by atoms with Gasteiger partial charge in [0.05, 0.1) is 5.41 Å². The lowest BCUT2D eigenvalue weighted by molar-refractivity contribution is -0.438. The van der Waals surface area contributed by atoms with Gasteiger partial charge in [-0.2, -0.15) is 4.58 Å². The van der Waals surface area contributed by atoms with Gasteiger partial charge in [0.25, 0.3) is 0 Å². The first-order valence-electron chi connectivity index (χ1n) is 12.7. The Hall–Kier alpha value is -2.66. The average molecular weight is 507 g/mol. The summed E-state index contributed by atoms with van der Waals surface area (Å²) >= 11 is 0. The van der Waals surface area contributed by atoms with Gasteiger partial charge in [0, 0.05) is 60.7 Å². The van der Waals surface area contributed by atoms with Gasteiger partial charge < -0.3 is 27.5 Å². The van der Waals surface area contributed by atoms with Crippen molar-refractivity contribution in [3.8, 4) is 0 Å². The minimum atomic E-state index is -0.0922. The standard InChI is InChI=1S/C31H39N2O2.ClH/c1-30(2)24-14-8-10-16-26(24)32(20-12-22-34)28(30)18-6-5-7-19-29-31(3,4)25-15-9-11-17-27(25)33(29)21-13-23-35;/h5-11,14-19,34-35H,12-13,20-23H2,1-4H3;1H/q+1;/p-1. The molecule has 0 saturated carbocycles. The fourth-order valence-electron chi connectivity index (χ4n) is 5.58. The molecule has 0 radical (unpaired) electrons. The van der Waals surface area contributed by atoms with Crippen molar-refractivity contribution < 1.29 is 27.2 Å². The minimum Gasteiger partial charge on any atom is -1.00 e. The van der Waals surface area contributed by atoms with E-state index in [2.05, 4.69) is 116 Å². The summed E-state index contributed by atoms with van der Waals surface area (Å²) in [7, 11) is 0. The zero-order valence-electron chi connectivity index (χ0n) is 21.9. The van der Waals surface area contributed by atoms with E-state index in [-0.39, 0.29) is 36.5 Å². The van der Waals surface area contributed by atoms with Gasteiger partial charge in [-0.3, -0.25) is 0 Å². The molecule has 0 unspecified atom stereocenters. The molecule has 5 heteroatoms. The lowest BCUT2D eigenvalue weighted by Gasteiger charge is -2.26. The normalized spacial score (nSPS) is 18.8. The van der Waals surface area contributed by atoms with Crippen molar-refractivity contribution in [2.45, 2.75) is 51.4 Å². The molecule has 2 aliphatic rings. The monoisotopic (exact) mass is 506 g/mol. The van der Waals surface area contributed by atoms with E-state index in [1.165, 1.54) is 33.9 Å². The fraction of sp³-hybridized carbons (Fsp3) is 0.387. The first-order valence-corrected chi connectivity index (χ1v) is 12.7. The van der Waals surface area contributed by atoms with Crippen molar-refractivity contribution in [3.05, 3.63) is 95.7 Å². The quantitative estimate of drug-likeness (QED) is 0.406. The highest BCUT2D eigenvalue weighted by Gasteiger charge is 2.43. The third-order valence-corrected chi connectivity index (χ3v) is 7.41. The Balaban J connectivity index is 0.00000361. The topological polar surface area (TPSA) is 46.7 Å². The van der Waals surface area contributed by atoms with Gasteiger partial charge in [0.2, 0.25) is 5.69 Å². The van der Waals surface area contributed by atoms with Crippen molar-refractivity contribution in [2.24, 2.45) is 0 Å². The molecule has 0 bridgehead atoms. The summed E-state index contributed by atoms with van der Waals surface area (Å²) in [6, 6.07) is 17.2. The Morgan fingerprint density at radius 3 is 2.19 bits per heavy atom. The SMILES string of the molecule is CC1(C)C(/C=C/C=C/C=C2/N(CCCO)c3ccccc3C2(C)C)=[N+](CCCO)c2ccccc21.[Cl-]. The predicted octanol–water partition coefficient (Wildman–Crippen LogP) is 2.63. The molecule has 0 saturated heterocycles. The molecule has 0 spiro atoms. The number of rotatable bonds is 9. The number of anilines is 1. The van der Waals surface area contributed by atoms with Gasteiger partial charge in [-0.25, -0.2) is 0 Å². The molecule has 2 aliphatic heterocycles. The summed E-state index contributed by atoms with van der Waals surface area (Å²) in [5.74, 6) is 0. The lowest BCUT2D eigenvalue weighted by atomic mass is 9.81. The molecule has 2 aromatic carbocycles. The number of aliphatic hydroxyl groups is 2. The number of nitrogens with zero attached hydrogens (tertiary/aromatic N) is 2. The summed E-state index contributed by atoms with van der Waals surface area (Å²) < 4.78 is 2.35. The maximum atomic E-state index is 9.43. The highest BCUT2D eigenvalue weighted by atomic mass is 35.5. The number of hydrogen-bond donors (Lipinski definition) is 2. The summed E-state index contributed by atoms with van der Waals surface area (Å²) in [5, 5.41) is 18.9. The second-order valence-electron chi connectivity index (χ2n) is 10.4. The number of allylic oxidation sites excluding steroid dienone is 6. The van der Waals surface area contributed by atoms with E-state index in [4.69, 9.17) is 0 Å². The third kappa shape index (κ3) is 5.08. The van der Waals surface area contributed by atoms with E-state index in [0.29, 0.717) is 0 Å². The Bertz CT molecular complexity index is 1190. The van der Waals surface area contributed by atoms with Crippen molar-refractivity contribution >= 4 is 17.1 Å². The molecule has 2 aromatic rings. The van der Waals surface area contributed by atoms with Crippen LogP contribution >= 0.6 is 0 Å².